The molecule has 0 fully saturated rings. The highest BCUT2D eigenvalue weighted by Gasteiger charge is 2.14. The molecule has 0 saturated heterocycles. The molecule has 0 N–H and O–H groups in total. The summed E-state index contributed by atoms with van der Waals surface area (Å²) < 4.78 is 10.2. The molecule has 0 aliphatic rings. The van der Waals surface area contributed by atoms with Crippen molar-refractivity contribution in [1.82, 2.24) is 9.88 Å². The Morgan fingerprint density at radius 2 is 2.28 bits per heavy atom. The smallest absolute Gasteiger partial charge is 0.248 e. The van der Waals surface area contributed by atoms with Crippen molar-refractivity contribution < 1.29 is 14.3 Å². The highest BCUT2D eigenvalue weighted by Crippen LogP contribution is 2.02. The quantitative estimate of drug-likeness (QED) is 0.695. The fourth-order valence-electron chi connectivity index (χ4n) is 1.46. The van der Waals surface area contributed by atoms with Crippen molar-refractivity contribution in [2.75, 3.05) is 33.5 Å². The minimum absolute atomic E-state index is 0.0421. The molecule has 0 spiro atoms. The molecular formula is C13H20N2O3. The predicted molar refractivity (Wildman–Crippen MR) is 68.0 cm³/mol. The lowest BCUT2D eigenvalue weighted by molar-refractivity contribution is -0.137. The summed E-state index contributed by atoms with van der Waals surface area (Å²) in [5, 5.41) is 0. The number of hydrogen-bond donors (Lipinski definition) is 0. The summed E-state index contributed by atoms with van der Waals surface area (Å²) in [5.41, 5.74) is 0.860. The van der Waals surface area contributed by atoms with Gasteiger partial charge in [0.15, 0.2) is 0 Å². The Morgan fingerprint density at radius 1 is 1.44 bits per heavy atom. The van der Waals surface area contributed by atoms with E-state index in [1.807, 2.05) is 25.1 Å². The lowest BCUT2D eigenvalue weighted by atomic mass is 10.3. The third-order valence-corrected chi connectivity index (χ3v) is 2.43. The number of amides is 1. The molecule has 0 aliphatic heterocycles. The van der Waals surface area contributed by atoms with Gasteiger partial charge in [0.25, 0.3) is 0 Å². The van der Waals surface area contributed by atoms with Gasteiger partial charge in [-0.25, -0.2) is 0 Å². The molecule has 0 saturated carbocycles. The molecule has 0 unspecified atom stereocenters. The van der Waals surface area contributed by atoms with E-state index in [0.29, 0.717) is 26.3 Å². The lowest BCUT2D eigenvalue weighted by Gasteiger charge is -2.21. The van der Waals surface area contributed by atoms with Gasteiger partial charge in [0.1, 0.15) is 6.61 Å². The first-order chi connectivity index (χ1) is 8.77. The molecule has 0 aliphatic carbocycles. The molecule has 0 bridgehead atoms. The minimum Gasteiger partial charge on any atom is -0.383 e. The van der Waals surface area contributed by atoms with Crippen LogP contribution in [0.2, 0.25) is 0 Å². The predicted octanol–water partition coefficient (Wildman–Crippen LogP) is 1.09. The molecular weight excluding hydrogens is 232 g/mol. The van der Waals surface area contributed by atoms with Crippen LogP contribution >= 0.6 is 0 Å². The highest BCUT2D eigenvalue weighted by atomic mass is 16.5. The van der Waals surface area contributed by atoms with E-state index in [1.165, 1.54) is 0 Å². The van der Waals surface area contributed by atoms with Gasteiger partial charge in [0.05, 0.1) is 18.8 Å². The standard InChI is InChI=1S/C13H20N2O3/c1-3-18-11-13(16)15(8-9-17-2)10-12-6-4-5-7-14-12/h4-7H,3,8-11H2,1-2H3. The second-order valence-corrected chi connectivity index (χ2v) is 3.77. The second-order valence-electron chi connectivity index (χ2n) is 3.77. The monoisotopic (exact) mass is 252 g/mol. The summed E-state index contributed by atoms with van der Waals surface area (Å²) >= 11 is 0. The van der Waals surface area contributed by atoms with Crippen LogP contribution in [0.3, 0.4) is 0 Å². The van der Waals surface area contributed by atoms with Gasteiger partial charge in [-0.15, -0.1) is 0 Å². The van der Waals surface area contributed by atoms with Crippen LogP contribution in [0.25, 0.3) is 0 Å². The zero-order chi connectivity index (χ0) is 13.2. The van der Waals surface area contributed by atoms with Crippen LogP contribution in [0.15, 0.2) is 24.4 Å². The van der Waals surface area contributed by atoms with Crippen LogP contribution in [-0.4, -0.2) is 49.3 Å². The van der Waals surface area contributed by atoms with Crippen LogP contribution in [0, 0.1) is 0 Å². The topological polar surface area (TPSA) is 51.7 Å². The van der Waals surface area contributed by atoms with Gasteiger partial charge in [0, 0.05) is 26.5 Å². The second kappa shape index (κ2) is 8.60. The maximum absolute atomic E-state index is 11.9. The fraction of sp³-hybridized carbons (Fsp3) is 0.538. The van der Waals surface area contributed by atoms with E-state index in [9.17, 15) is 4.79 Å². The zero-order valence-electron chi connectivity index (χ0n) is 11.0. The first-order valence-electron chi connectivity index (χ1n) is 6.02. The van der Waals surface area contributed by atoms with E-state index in [4.69, 9.17) is 9.47 Å². The summed E-state index contributed by atoms with van der Waals surface area (Å²) in [6.07, 6.45) is 1.72. The third kappa shape index (κ3) is 5.25. The van der Waals surface area contributed by atoms with Crippen LogP contribution in [0.5, 0.6) is 0 Å². The molecule has 1 aromatic heterocycles. The van der Waals surface area contributed by atoms with Crippen LogP contribution in [0.1, 0.15) is 12.6 Å². The third-order valence-electron chi connectivity index (χ3n) is 2.43. The molecule has 5 nitrogen and oxygen atoms in total. The molecule has 1 heterocycles. The molecule has 0 aromatic carbocycles. The molecule has 5 heteroatoms. The van der Waals surface area contributed by atoms with Crippen LogP contribution in [-0.2, 0) is 20.8 Å². The van der Waals surface area contributed by atoms with Gasteiger partial charge in [0.2, 0.25) is 5.91 Å². The van der Waals surface area contributed by atoms with Crippen LogP contribution < -0.4 is 0 Å². The lowest BCUT2D eigenvalue weighted by Crippen LogP contribution is -2.36. The average Bonchev–Trinajstić information content (AvgIpc) is 2.42. The SMILES string of the molecule is CCOCC(=O)N(CCOC)Cc1ccccn1. The van der Waals surface area contributed by atoms with Crippen molar-refractivity contribution in [2.45, 2.75) is 13.5 Å². The summed E-state index contributed by atoms with van der Waals surface area (Å²) in [4.78, 5) is 17.8. The molecule has 18 heavy (non-hydrogen) atoms. The number of rotatable bonds is 8. The number of ether oxygens (including phenoxy) is 2. The summed E-state index contributed by atoms with van der Waals surface area (Å²) in [6, 6.07) is 5.66. The summed E-state index contributed by atoms with van der Waals surface area (Å²) in [6.45, 7) is 4.03. The Labute approximate surface area is 108 Å². The Balaban J connectivity index is 2.57. The number of pyridine rings is 1. The Bertz CT molecular complexity index is 343. The van der Waals surface area contributed by atoms with Crippen molar-refractivity contribution in [3.8, 4) is 0 Å². The van der Waals surface area contributed by atoms with Crippen molar-refractivity contribution in [3.63, 3.8) is 0 Å². The van der Waals surface area contributed by atoms with E-state index < -0.39 is 0 Å². The maximum atomic E-state index is 11.9. The van der Waals surface area contributed by atoms with Crippen LogP contribution in [0.4, 0.5) is 0 Å². The number of methoxy groups -OCH3 is 1. The Hall–Kier alpha value is -1.46. The van der Waals surface area contributed by atoms with E-state index in [0.717, 1.165) is 5.69 Å². The van der Waals surface area contributed by atoms with Gasteiger partial charge in [-0.2, -0.15) is 0 Å². The van der Waals surface area contributed by atoms with Crippen molar-refractivity contribution >= 4 is 5.91 Å². The average molecular weight is 252 g/mol. The first-order valence-corrected chi connectivity index (χ1v) is 6.02. The van der Waals surface area contributed by atoms with Gasteiger partial charge in [-0.1, -0.05) is 6.07 Å². The number of carbonyl (C=O) groups is 1. The largest absolute Gasteiger partial charge is 0.383 e. The van der Waals surface area contributed by atoms with E-state index in [2.05, 4.69) is 4.98 Å². The van der Waals surface area contributed by atoms with E-state index in [1.54, 1.807) is 18.2 Å². The van der Waals surface area contributed by atoms with Gasteiger partial charge in [-0.3, -0.25) is 9.78 Å². The number of aromatic nitrogens is 1. The van der Waals surface area contributed by atoms with Crippen molar-refractivity contribution in [3.05, 3.63) is 30.1 Å². The number of carbonyl (C=O) groups excluding carboxylic acids is 1. The molecule has 0 atom stereocenters. The normalized spacial score (nSPS) is 10.3. The van der Waals surface area contributed by atoms with Crippen molar-refractivity contribution in [1.29, 1.82) is 0 Å². The van der Waals surface area contributed by atoms with E-state index in [-0.39, 0.29) is 12.5 Å². The maximum Gasteiger partial charge on any atom is 0.248 e. The van der Waals surface area contributed by atoms with Gasteiger partial charge >= 0.3 is 0 Å². The summed E-state index contributed by atoms with van der Waals surface area (Å²) in [5.74, 6) is -0.0421. The Morgan fingerprint density at radius 3 is 2.89 bits per heavy atom. The molecule has 1 rings (SSSR count). The summed E-state index contributed by atoms with van der Waals surface area (Å²) in [7, 11) is 1.62. The molecule has 0 radical (unpaired) electrons. The Kier molecular flexibility index (Phi) is 6.98. The van der Waals surface area contributed by atoms with Gasteiger partial charge < -0.3 is 14.4 Å². The highest BCUT2D eigenvalue weighted by molar-refractivity contribution is 5.77. The number of hydrogen-bond acceptors (Lipinski definition) is 4. The fourth-order valence-corrected chi connectivity index (χ4v) is 1.46. The molecule has 100 valence electrons. The number of nitrogens with zero attached hydrogens (tertiary/aromatic N) is 2. The zero-order valence-corrected chi connectivity index (χ0v) is 11.0. The molecule has 1 aromatic rings. The minimum atomic E-state index is -0.0421. The first kappa shape index (κ1) is 14.6. The van der Waals surface area contributed by atoms with Crippen molar-refractivity contribution in [2.24, 2.45) is 0 Å². The molecule has 1 amide bonds. The van der Waals surface area contributed by atoms with E-state index >= 15 is 0 Å². The van der Waals surface area contributed by atoms with Gasteiger partial charge in [-0.05, 0) is 19.1 Å².